The van der Waals surface area contributed by atoms with E-state index in [-0.39, 0.29) is 151 Å². The van der Waals surface area contributed by atoms with Crippen molar-refractivity contribution in [1.82, 2.24) is 15.0 Å². The number of phenols is 1. The number of sulfone groups is 1. The third kappa shape index (κ3) is 13.2. The summed E-state index contributed by atoms with van der Waals surface area (Å²) in [6.07, 6.45) is 0. The number of benzene rings is 4. The number of halogens is 1. The Morgan fingerprint density at radius 1 is 0.845 bits per heavy atom. The van der Waals surface area contributed by atoms with Gasteiger partial charge in [-0.25, -0.2) is 33.7 Å². The minimum atomic E-state index is -5.25. The van der Waals surface area contributed by atoms with Crippen molar-refractivity contribution in [3.63, 3.8) is 0 Å². The standard InChI is InChI=1S/C29H27ClN8O13S4.3Na/c1-2-38(18-4-3-5-19(14-18)52(40,41)11-10-51-55(48,49)50)29-34-27(30)33-28(35-29)32-17-7-9-22(24(13-17)54(45,46)47)36-37-26-21(31)8-6-16-12-20(53(42,43)44)15-23(39)25(16)26;;;/h3-9,12-15,39H,2,10-11,31H2,1H3,(H,42,43,44)(H,45,46,47)(H,48,49,50)(H,32,33,34,35);;;/q;3*+1/p-3. The third-order valence-electron chi connectivity index (χ3n) is 7.33. The first-order chi connectivity index (χ1) is 25.6. The van der Waals surface area contributed by atoms with E-state index < -0.39 is 74.1 Å². The van der Waals surface area contributed by atoms with Crippen LogP contribution in [0, 0.1) is 0 Å². The van der Waals surface area contributed by atoms with Gasteiger partial charge in [-0.3, -0.25) is 4.18 Å². The van der Waals surface area contributed by atoms with Gasteiger partial charge in [0.25, 0.3) is 0 Å². The van der Waals surface area contributed by atoms with Crippen molar-refractivity contribution >= 4 is 103 Å². The summed E-state index contributed by atoms with van der Waals surface area (Å²) in [5.74, 6) is -1.88. The van der Waals surface area contributed by atoms with Crippen molar-refractivity contribution in [2.45, 2.75) is 21.6 Å². The molecule has 1 heterocycles. The summed E-state index contributed by atoms with van der Waals surface area (Å²) < 4.78 is 133. The van der Waals surface area contributed by atoms with Crippen LogP contribution in [-0.4, -0.2) is 86.3 Å². The fourth-order valence-corrected chi connectivity index (χ4v) is 7.78. The number of anilines is 5. The first kappa shape index (κ1) is 52.0. The Kier molecular flexibility index (Phi) is 18.5. The van der Waals surface area contributed by atoms with Crippen molar-refractivity contribution in [2.24, 2.45) is 10.2 Å². The Hall–Kier alpha value is -2.12. The second-order valence-corrected chi connectivity index (χ2v) is 17.2. The normalized spacial score (nSPS) is 12.0. The van der Waals surface area contributed by atoms with Gasteiger partial charge in [-0.05, 0) is 78.5 Å². The number of aromatic nitrogens is 3. The summed E-state index contributed by atoms with van der Waals surface area (Å²) in [7, 11) is -19.4. The first-order valence-electron chi connectivity index (χ1n) is 15.0. The molecule has 0 radical (unpaired) electrons. The SMILES string of the molecule is CCN(c1cccc(S(=O)(=O)CCOS(=O)(=O)[O-])c1)c1nc(Cl)nc(Nc2ccc(N=Nc3c(N)ccc4cc(S(=O)(=O)[O-])cc(O)c34)c(S(=O)(=O)[O-])c2)n1.[Na+].[Na+].[Na+]. The van der Waals surface area contributed by atoms with Gasteiger partial charge in [0.2, 0.25) is 27.6 Å². The van der Waals surface area contributed by atoms with E-state index in [1.807, 2.05) is 0 Å². The van der Waals surface area contributed by atoms with Crippen LogP contribution in [0.1, 0.15) is 6.92 Å². The Labute approximate surface area is 403 Å². The van der Waals surface area contributed by atoms with Gasteiger partial charge in [0.1, 0.15) is 37.4 Å². The molecule has 4 aromatic carbocycles. The van der Waals surface area contributed by atoms with Crippen LogP contribution in [0.25, 0.3) is 10.8 Å². The summed E-state index contributed by atoms with van der Waals surface area (Å²) >= 11 is 6.17. The third-order valence-corrected chi connectivity index (χ3v) is 11.3. The number of azo groups is 1. The van der Waals surface area contributed by atoms with Crippen LogP contribution in [-0.2, 0) is 44.7 Å². The molecule has 0 fully saturated rings. The average molecular weight is 925 g/mol. The maximum absolute atomic E-state index is 12.8. The smallest absolute Gasteiger partial charge is 0.744 e. The molecule has 29 heteroatoms. The quantitative estimate of drug-likeness (QED) is 0.0307. The molecule has 0 saturated heterocycles. The molecule has 5 aromatic rings. The van der Waals surface area contributed by atoms with Crippen LogP contribution in [0.15, 0.2) is 91.6 Å². The largest absolute Gasteiger partial charge is 1.00 e. The summed E-state index contributed by atoms with van der Waals surface area (Å²) in [5, 5.41) is 20.6. The number of nitrogens with one attached hydrogen (secondary N) is 1. The molecule has 0 aliphatic carbocycles. The van der Waals surface area contributed by atoms with Gasteiger partial charge in [0.05, 0.1) is 38.1 Å². The van der Waals surface area contributed by atoms with Crippen molar-refractivity contribution in [1.29, 1.82) is 0 Å². The van der Waals surface area contributed by atoms with Crippen LogP contribution in [0.2, 0.25) is 5.28 Å². The van der Waals surface area contributed by atoms with Gasteiger partial charge >= 0.3 is 88.7 Å². The number of rotatable bonds is 14. The molecule has 0 amide bonds. The predicted octanol–water partition coefficient (Wildman–Crippen LogP) is -5.65. The first-order valence-corrected chi connectivity index (χ1v) is 21.2. The van der Waals surface area contributed by atoms with Crippen molar-refractivity contribution in [2.75, 3.05) is 34.9 Å². The maximum Gasteiger partial charge on any atom is 1.00 e. The molecule has 0 saturated carbocycles. The van der Waals surface area contributed by atoms with Crippen LogP contribution >= 0.6 is 11.6 Å². The van der Waals surface area contributed by atoms with Crippen molar-refractivity contribution in [3.05, 3.63) is 72.0 Å². The molecular weight excluding hydrogens is 901 g/mol. The van der Waals surface area contributed by atoms with Gasteiger partial charge in [0.15, 0.2) is 9.84 Å². The van der Waals surface area contributed by atoms with Crippen LogP contribution in [0.4, 0.5) is 40.3 Å². The number of hydrogen-bond donors (Lipinski definition) is 3. The van der Waals surface area contributed by atoms with Crippen LogP contribution in [0.5, 0.6) is 5.75 Å². The Bertz CT molecular complexity index is 2830. The van der Waals surface area contributed by atoms with E-state index in [9.17, 15) is 52.4 Å². The molecule has 0 atom stereocenters. The van der Waals surface area contributed by atoms with E-state index in [0.717, 1.165) is 18.2 Å². The molecule has 1 aromatic heterocycles. The second-order valence-electron chi connectivity index (χ2n) is 11.0. The number of fused-ring (bicyclic) bond motifs is 1. The monoisotopic (exact) mass is 924 g/mol. The van der Waals surface area contributed by atoms with Crippen LogP contribution in [0.3, 0.4) is 0 Å². The fraction of sp³-hybridized carbons (Fsp3) is 0.138. The Morgan fingerprint density at radius 3 is 2.16 bits per heavy atom. The predicted molar refractivity (Wildman–Crippen MR) is 192 cm³/mol. The van der Waals surface area contributed by atoms with Gasteiger partial charge < -0.3 is 34.7 Å². The molecule has 4 N–H and O–H groups in total. The van der Waals surface area contributed by atoms with Gasteiger partial charge in [-0.1, -0.05) is 12.1 Å². The number of aromatic hydroxyl groups is 1. The topological polar surface area (TPSA) is 340 Å². The fourth-order valence-electron chi connectivity index (χ4n) is 4.94. The minimum absolute atomic E-state index is 0. The molecule has 292 valence electrons. The van der Waals surface area contributed by atoms with E-state index in [1.165, 1.54) is 47.4 Å². The summed E-state index contributed by atoms with van der Waals surface area (Å²) in [4.78, 5) is 11.9. The number of nitrogen functional groups attached to an aromatic ring is 1. The van der Waals surface area contributed by atoms with Crippen molar-refractivity contribution < 1.29 is 145 Å². The molecule has 0 bridgehead atoms. The zero-order valence-electron chi connectivity index (χ0n) is 30.6. The number of hydrogen-bond acceptors (Lipinski definition) is 21. The van der Waals surface area contributed by atoms with Gasteiger partial charge in [-0.15, -0.1) is 10.2 Å². The molecule has 0 aliphatic heterocycles. The number of nitrogens with zero attached hydrogens (tertiary/aromatic N) is 6. The van der Waals surface area contributed by atoms with Gasteiger partial charge in [-0.2, -0.15) is 15.0 Å². The molecule has 0 aliphatic rings. The minimum Gasteiger partial charge on any atom is -0.744 e. The molecule has 5 rings (SSSR count). The van der Waals surface area contributed by atoms with E-state index in [4.69, 9.17) is 17.3 Å². The van der Waals surface area contributed by atoms with E-state index in [0.29, 0.717) is 6.07 Å². The Morgan fingerprint density at radius 2 is 1.53 bits per heavy atom. The van der Waals surface area contributed by atoms with Gasteiger partial charge in [0, 0.05) is 17.9 Å². The van der Waals surface area contributed by atoms with Crippen LogP contribution < -0.4 is 105 Å². The maximum atomic E-state index is 12.8. The number of nitrogens with two attached hydrogens (primary N) is 1. The van der Waals surface area contributed by atoms with Crippen molar-refractivity contribution in [3.8, 4) is 5.75 Å². The molecule has 58 heavy (non-hydrogen) atoms. The van der Waals surface area contributed by atoms with E-state index in [2.05, 4.69) is 34.7 Å². The summed E-state index contributed by atoms with van der Waals surface area (Å²) in [5.41, 5.74) is 5.38. The van der Waals surface area contributed by atoms with E-state index >= 15 is 0 Å². The molecular formula is C29H24ClN8Na3O13S4. The zero-order valence-corrected chi connectivity index (χ0v) is 40.6. The number of phenolic OH excluding ortho intramolecular Hbond substituents is 1. The molecule has 21 nitrogen and oxygen atoms in total. The van der Waals surface area contributed by atoms with E-state index in [1.54, 1.807) is 6.92 Å². The molecule has 0 spiro atoms. The summed E-state index contributed by atoms with van der Waals surface area (Å²) in [6.45, 7) is 0.896. The average Bonchev–Trinajstić information content (AvgIpc) is 3.07. The zero-order chi connectivity index (χ0) is 40.5. The Balaban J connectivity index is 0.00000387. The second kappa shape index (κ2) is 20.6. The molecule has 0 unspecified atom stereocenters. The summed E-state index contributed by atoms with van der Waals surface area (Å²) in [6, 6.07) is 12.8.